The number of aromatic nitrogens is 4. The predicted octanol–water partition coefficient (Wildman–Crippen LogP) is 26.8. The zero-order chi connectivity index (χ0) is 85.1. The number of nitriles is 8. The number of nitrogens with zero attached hydrogens (tertiary/aromatic N) is 12. The van der Waals surface area contributed by atoms with E-state index in [0.29, 0.717) is 116 Å². The molecule has 0 N–H and O–H groups in total. The van der Waals surface area contributed by atoms with Crippen molar-refractivity contribution in [3.63, 3.8) is 0 Å². The number of hydrogen-bond acceptors (Lipinski definition) is 8. The van der Waals surface area contributed by atoms with Crippen molar-refractivity contribution in [3.05, 3.63) is 371 Å². The van der Waals surface area contributed by atoms with E-state index >= 15 is 26.3 Å². The molecule has 12 nitrogen and oxygen atoms in total. The van der Waals surface area contributed by atoms with Gasteiger partial charge in [0, 0.05) is 54.2 Å². The summed E-state index contributed by atoms with van der Waals surface area (Å²) in [6.45, 7) is 0. The average molecular weight is 1610 g/mol. The first-order valence-corrected chi connectivity index (χ1v) is 39.0. The fourth-order valence-corrected chi connectivity index (χ4v) is 18.0. The highest BCUT2D eigenvalue weighted by Crippen LogP contribution is 2.50. The van der Waals surface area contributed by atoms with Gasteiger partial charge in [0.15, 0.2) is 0 Å². The molecule has 0 aliphatic rings. The molecule has 0 spiro atoms. The van der Waals surface area contributed by atoms with Gasteiger partial charge in [-0.1, -0.05) is 146 Å². The third-order valence-electron chi connectivity index (χ3n) is 23.4. The van der Waals surface area contributed by atoms with Crippen LogP contribution in [-0.4, -0.2) is 18.3 Å². The standard InChI is InChI=1S/C106H52F6N12/c107-105(108,109)89-23-10-18-73(57-117)103(89)77-49-99(121-93-27-6-3-22-81(93)84-44-68(30-35-94(84)121)65-15-7-12-61(38-65)53-113)87(59-119)100(50-77)122-95-36-31-69(66-16-8-13-62(39-66)54-114)45-85(95)86-46-70(32-37-96(86)122)75-41-64(56-116)42-76(43-75)72-29-34-83-80-21-2-5-26-92(80)124(98(83)48-72)102-52-78(104-74(58-118)19-11-24-90(104)106(110,111)112)51-101(88(102)60-120)123-91-25-4-1-20-79(91)82-33-28-71(47-97(82)123)67-17-9-14-63(40-67)55-115/h1-52H. The lowest BCUT2D eigenvalue weighted by Gasteiger charge is -2.21. The van der Waals surface area contributed by atoms with Crippen LogP contribution in [0.4, 0.5) is 26.3 Å². The Kier molecular flexibility index (Phi) is 17.6. The topological polar surface area (TPSA) is 210 Å². The van der Waals surface area contributed by atoms with Crippen molar-refractivity contribution in [1.82, 2.24) is 18.3 Å². The molecule has 16 aromatic carbocycles. The van der Waals surface area contributed by atoms with E-state index in [-0.39, 0.29) is 61.7 Å². The number of benzene rings is 16. The summed E-state index contributed by atoms with van der Waals surface area (Å²) in [4.78, 5) is 0. The Balaban J connectivity index is 0.812. The number of para-hydroxylation sites is 3. The lowest BCUT2D eigenvalue weighted by molar-refractivity contribution is -0.137. The van der Waals surface area contributed by atoms with E-state index in [4.69, 9.17) is 0 Å². The highest BCUT2D eigenvalue weighted by molar-refractivity contribution is 6.16. The molecule has 0 saturated carbocycles. The van der Waals surface area contributed by atoms with Crippen LogP contribution in [0.3, 0.4) is 0 Å². The van der Waals surface area contributed by atoms with Crippen LogP contribution in [0, 0.1) is 90.6 Å². The van der Waals surface area contributed by atoms with Crippen LogP contribution < -0.4 is 0 Å². The van der Waals surface area contributed by atoms with Gasteiger partial charge < -0.3 is 18.3 Å². The number of alkyl halides is 6. The first-order valence-electron chi connectivity index (χ1n) is 39.0. The smallest absolute Gasteiger partial charge is 0.308 e. The van der Waals surface area contributed by atoms with E-state index in [9.17, 15) is 42.1 Å². The molecule has 18 heteroatoms. The molecular formula is C106H52F6N12. The minimum Gasteiger partial charge on any atom is -0.308 e. The summed E-state index contributed by atoms with van der Waals surface area (Å²) in [5.41, 5.74) is 9.93. The molecule has 0 saturated heterocycles. The van der Waals surface area contributed by atoms with Gasteiger partial charge in [0.25, 0.3) is 0 Å². The average Bonchev–Trinajstić information content (AvgIpc) is 1.55. The van der Waals surface area contributed by atoms with Gasteiger partial charge in [-0.15, -0.1) is 0 Å². The summed E-state index contributed by atoms with van der Waals surface area (Å²) in [6.07, 6.45) is -9.93. The number of fused-ring (bicyclic) bond motifs is 12. The van der Waals surface area contributed by atoms with Gasteiger partial charge in [-0.2, -0.15) is 68.4 Å². The van der Waals surface area contributed by atoms with Gasteiger partial charge in [0.1, 0.15) is 23.3 Å². The number of rotatable bonds is 11. The third kappa shape index (κ3) is 12.2. The summed E-state index contributed by atoms with van der Waals surface area (Å²) in [5, 5.41) is 92.7. The second-order valence-corrected chi connectivity index (χ2v) is 30.2. The Morgan fingerprint density at radius 2 is 0.476 bits per heavy atom. The van der Waals surface area contributed by atoms with Gasteiger partial charge in [0.05, 0.1) is 148 Å². The fourth-order valence-electron chi connectivity index (χ4n) is 18.0. The van der Waals surface area contributed by atoms with Crippen molar-refractivity contribution in [3.8, 4) is 149 Å². The van der Waals surface area contributed by atoms with Crippen molar-refractivity contribution >= 4 is 87.2 Å². The van der Waals surface area contributed by atoms with Crippen molar-refractivity contribution < 1.29 is 26.3 Å². The van der Waals surface area contributed by atoms with E-state index < -0.39 is 34.6 Å². The van der Waals surface area contributed by atoms with Crippen LogP contribution in [0.1, 0.15) is 55.6 Å². The van der Waals surface area contributed by atoms with Crippen LogP contribution in [-0.2, 0) is 12.4 Å². The minimum atomic E-state index is -4.97. The Morgan fingerprint density at radius 1 is 0.194 bits per heavy atom. The second kappa shape index (κ2) is 29.1. The maximum atomic E-state index is 15.8. The third-order valence-corrected chi connectivity index (χ3v) is 23.4. The van der Waals surface area contributed by atoms with Crippen LogP contribution in [0.15, 0.2) is 315 Å². The molecule has 4 aromatic heterocycles. The molecular weight excluding hydrogens is 1560 g/mol. The van der Waals surface area contributed by atoms with Crippen molar-refractivity contribution in [2.24, 2.45) is 0 Å². The van der Waals surface area contributed by atoms with Gasteiger partial charge in [-0.05, 0) is 237 Å². The normalized spacial score (nSPS) is 11.6. The number of halogens is 6. The van der Waals surface area contributed by atoms with Gasteiger partial charge >= 0.3 is 12.4 Å². The van der Waals surface area contributed by atoms with Crippen molar-refractivity contribution in [2.45, 2.75) is 12.4 Å². The predicted molar refractivity (Wildman–Crippen MR) is 470 cm³/mol. The molecule has 0 radical (unpaired) electrons. The van der Waals surface area contributed by atoms with Crippen molar-refractivity contribution in [2.75, 3.05) is 0 Å². The Labute approximate surface area is 702 Å². The molecule has 0 unspecified atom stereocenters. The molecule has 0 bridgehead atoms. The monoisotopic (exact) mass is 1610 g/mol. The molecule has 0 aliphatic heterocycles. The molecule has 0 aliphatic carbocycles. The van der Waals surface area contributed by atoms with Gasteiger partial charge in [-0.25, -0.2) is 0 Å². The number of hydrogen-bond donors (Lipinski definition) is 0. The zero-order valence-corrected chi connectivity index (χ0v) is 64.7. The van der Waals surface area contributed by atoms with E-state index in [1.807, 2.05) is 218 Å². The van der Waals surface area contributed by atoms with E-state index in [1.54, 1.807) is 66.7 Å². The molecule has 20 rings (SSSR count). The lowest BCUT2D eigenvalue weighted by Crippen LogP contribution is -2.10. The molecule has 0 fully saturated rings. The molecule has 0 amide bonds. The molecule has 124 heavy (non-hydrogen) atoms. The maximum Gasteiger partial charge on any atom is 0.417 e. The first-order chi connectivity index (χ1) is 60.4. The Morgan fingerprint density at radius 3 is 0.831 bits per heavy atom. The van der Waals surface area contributed by atoms with Crippen LogP contribution in [0.5, 0.6) is 0 Å². The summed E-state index contributed by atoms with van der Waals surface area (Å²) in [5.74, 6) is 0. The van der Waals surface area contributed by atoms with E-state index in [2.05, 4.69) is 36.4 Å². The summed E-state index contributed by atoms with van der Waals surface area (Å²) >= 11 is 0. The highest BCUT2D eigenvalue weighted by Gasteiger charge is 2.38. The summed E-state index contributed by atoms with van der Waals surface area (Å²) < 4.78 is 102. The van der Waals surface area contributed by atoms with Crippen LogP contribution in [0.2, 0.25) is 0 Å². The molecule has 4 heterocycles. The second-order valence-electron chi connectivity index (χ2n) is 30.2. The maximum absolute atomic E-state index is 15.8. The highest BCUT2D eigenvalue weighted by atomic mass is 19.4. The first kappa shape index (κ1) is 75.0. The van der Waals surface area contributed by atoms with Crippen LogP contribution >= 0.6 is 0 Å². The van der Waals surface area contributed by atoms with Gasteiger partial charge in [-0.3, -0.25) is 0 Å². The summed E-state index contributed by atoms with van der Waals surface area (Å²) in [7, 11) is 0. The zero-order valence-electron chi connectivity index (χ0n) is 64.7. The molecule has 578 valence electrons. The van der Waals surface area contributed by atoms with E-state index in [1.165, 1.54) is 48.5 Å². The van der Waals surface area contributed by atoms with E-state index in [0.717, 1.165) is 55.8 Å². The fraction of sp³-hybridized carbons (Fsp3) is 0.0189. The molecule has 0 atom stereocenters. The summed E-state index contributed by atoms with van der Waals surface area (Å²) in [6, 6.07) is 109. The minimum absolute atomic E-state index is 0.0180. The lowest BCUT2D eigenvalue weighted by atomic mass is 9.92. The Hall–Kier alpha value is -17.8. The van der Waals surface area contributed by atoms with Crippen LogP contribution in [0.25, 0.3) is 188 Å². The van der Waals surface area contributed by atoms with Crippen molar-refractivity contribution in [1.29, 1.82) is 42.1 Å². The Bertz CT molecular complexity index is 8480. The van der Waals surface area contributed by atoms with Gasteiger partial charge in [0.2, 0.25) is 0 Å². The SMILES string of the molecule is N#Cc1cccc(-c2ccc3c(c2)c2ccccc2n3-c2cc(-c3c(C#N)cccc3C(F)(F)F)cc(-n3c4ccc(-c5cccc(C#N)c5)cc4c4cc(-c5cc(C#N)cc(-c6ccc7c8ccccc8n(-c8cc(-c9c(C#N)cccc9C(F)(F)F)cc(-n9c%10ccccc%10c%10ccc(-c%11cccc(C#N)c%11)cc%109)c8C#N)c7c6)c5)ccc43)c2C#N)c1. The molecule has 20 aromatic rings. The largest absolute Gasteiger partial charge is 0.417 e. The quantitative estimate of drug-likeness (QED) is 0.113.